The van der Waals surface area contributed by atoms with E-state index in [2.05, 4.69) is 10.2 Å². The van der Waals surface area contributed by atoms with Crippen LogP contribution in [0.3, 0.4) is 0 Å². The summed E-state index contributed by atoms with van der Waals surface area (Å²) in [7, 11) is -1.77. The van der Waals surface area contributed by atoms with E-state index in [1.165, 1.54) is 16.4 Å². The average Bonchev–Trinajstić information content (AvgIpc) is 3.14. The van der Waals surface area contributed by atoms with Gasteiger partial charge in [0, 0.05) is 26.2 Å². The summed E-state index contributed by atoms with van der Waals surface area (Å²) in [5, 5.41) is 2.62. The third-order valence-corrected chi connectivity index (χ3v) is 6.28. The maximum Gasteiger partial charge on any atom is 0.287 e. The second-order valence-corrected chi connectivity index (χ2v) is 8.30. The van der Waals surface area contributed by atoms with Crippen LogP contribution >= 0.6 is 0 Å². The number of carbonyl (C=O) groups is 1. The lowest BCUT2D eigenvalue weighted by Gasteiger charge is -2.30. The van der Waals surface area contributed by atoms with Gasteiger partial charge in [-0.15, -0.1) is 0 Å². The Labute approximate surface area is 153 Å². The second kappa shape index (κ2) is 7.61. The van der Waals surface area contributed by atoms with Crippen molar-refractivity contribution >= 4 is 15.9 Å². The van der Waals surface area contributed by atoms with Gasteiger partial charge in [0.1, 0.15) is 0 Å². The third kappa shape index (κ3) is 3.98. The van der Waals surface area contributed by atoms with E-state index in [-0.39, 0.29) is 16.9 Å². The fourth-order valence-electron chi connectivity index (χ4n) is 2.83. The second-order valence-electron chi connectivity index (χ2n) is 6.43. The Morgan fingerprint density at radius 3 is 2.38 bits per heavy atom. The first kappa shape index (κ1) is 18.6. The standard InChI is InChI=1S/C18H23N3O4S/c1-14(15-6-4-3-5-7-15)19-18(22)16-8-9-17(25-16)26(23,24)21-12-10-20(2)11-13-21/h3-9,14H,10-13H2,1-2H3,(H,19,22)/t14-/m1/s1. The molecule has 0 bridgehead atoms. The highest BCUT2D eigenvalue weighted by atomic mass is 32.2. The lowest BCUT2D eigenvalue weighted by Crippen LogP contribution is -2.46. The SMILES string of the molecule is C[C@@H](NC(=O)c1ccc(S(=O)(=O)N2CCN(C)CC2)o1)c1ccccc1. The van der Waals surface area contributed by atoms with E-state index in [1.807, 2.05) is 44.3 Å². The Kier molecular flexibility index (Phi) is 5.45. The molecular weight excluding hydrogens is 354 g/mol. The number of piperazine rings is 1. The third-order valence-electron chi connectivity index (χ3n) is 4.51. The molecule has 1 amide bonds. The van der Waals surface area contributed by atoms with Gasteiger partial charge in [-0.05, 0) is 31.7 Å². The quantitative estimate of drug-likeness (QED) is 0.858. The molecule has 8 heteroatoms. The van der Waals surface area contributed by atoms with Gasteiger partial charge in [-0.3, -0.25) is 4.79 Å². The predicted molar refractivity (Wildman–Crippen MR) is 97.3 cm³/mol. The zero-order valence-corrected chi connectivity index (χ0v) is 15.7. The van der Waals surface area contributed by atoms with Crippen LogP contribution in [0.25, 0.3) is 0 Å². The van der Waals surface area contributed by atoms with E-state index in [1.54, 1.807) is 0 Å². The normalized spacial score (nSPS) is 17.8. The number of sulfonamides is 1. The molecule has 1 aromatic carbocycles. The molecule has 1 aliphatic heterocycles. The summed E-state index contributed by atoms with van der Waals surface area (Å²) in [6, 6.07) is 12.0. The number of furan rings is 1. The molecule has 3 rings (SSSR count). The average molecular weight is 377 g/mol. The zero-order valence-electron chi connectivity index (χ0n) is 14.9. The molecule has 0 unspecified atom stereocenters. The Morgan fingerprint density at radius 2 is 1.73 bits per heavy atom. The molecular formula is C18H23N3O4S. The molecule has 0 spiro atoms. The Bertz CT molecular complexity index is 856. The molecule has 1 atom stereocenters. The molecule has 0 aliphatic carbocycles. The smallest absolute Gasteiger partial charge is 0.287 e. The molecule has 0 radical (unpaired) electrons. The molecule has 2 aromatic rings. The fourth-order valence-corrected chi connectivity index (χ4v) is 4.16. The number of rotatable bonds is 5. The topological polar surface area (TPSA) is 82.9 Å². The molecule has 26 heavy (non-hydrogen) atoms. The van der Waals surface area contributed by atoms with Gasteiger partial charge in [0.05, 0.1) is 6.04 Å². The molecule has 1 fully saturated rings. The molecule has 1 saturated heterocycles. The van der Waals surface area contributed by atoms with Gasteiger partial charge >= 0.3 is 0 Å². The first-order chi connectivity index (χ1) is 12.4. The van der Waals surface area contributed by atoms with Crippen LogP contribution in [-0.2, 0) is 10.0 Å². The number of benzene rings is 1. The number of nitrogens with one attached hydrogen (secondary N) is 1. The van der Waals surface area contributed by atoms with E-state index in [0.717, 1.165) is 5.56 Å². The van der Waals surface area contributed by atoms with E-state index in [4.69, 9.17) is 4.42 Å². The number of hydrogen-bond acceptors (Lipinski definition) is 5. The minimum atomic E-state index is -3.72. The fraction of sp³-hybridized carbons (Fsp3) is 0.389. The lowest BCUT2D eigenvalue weighted by atomic mass is 10.1. The van der Waals surface area contributed by atoms with Gasteiger partial charge in [-0.1, -0.05) is 30.3 Å². The van der Waals surface area contributed by atoms with Crippen molar-refractivity contribution in [3.05, 3.63) is 53.8 Å². The Hall–Kier alpha value is -2.16. The highest BCUT2D eigenvalue weighted by Gasteiger charge is 2.31. The van der Waals surface area contributed by atoms with Crippen LogP contribution in [-0.4, -0.2) is 56.8 Å². The monoisotopic (exact) mass is 377 g/mol. The van der Waals surface area contributed by atoms with E-state index in [9.17, 15) is 13.2 Å². The molecule has 7 nitrogen and oxygen atoms in total. The molecule has 1 aromatic heterocycles. The maximum atomic E-state index is 12.7. The number of carbonyl (C=O) groups excluding carboxylic acids is 1. The number of likely N-dealkylation sites (N-methyl/N-ethyl adjacent to an activating group) is 1. The molecule has 140 valence electrons. The van der Waals surface area contributed by atoms with E-state index < -0.39 is 15.9 Å². The van der Waals surface area contributed by atoms with Gasteiger partial charge < -0.3 is 14.6 Å². The van der Waals surface area contributed by atoms with Crippen molar-refractivity contribution in [1.82, 2.24) is 14.5 Å². The largest absolute Gasteiger partial charge is 0.438 e. The predicted octanol–water partition coefficient (Wildman–Crippen LogP) is 1.71. The first-order valence-corrected chi connectivity index (χ1v) is 9.96. The van der Waals surface area contributed by atoms with E-state index in [0.29, 0.717) is 26.2 Å². The Morgan fingerprint density at radius 1 is 1.08 bits per heavy atom. The maximum absolute atomic E-state index is 12.7. The van der Waals surface area contributed by atoms with Crippen LogP contribution in [0.2, 0.25) is 0 Å². The summed E-state index contributed by atoms with van der Waals surface area (Å²) in [5.74, 6) is -0.457. The van der Waals surface area contributed by atoms with Crippen molar-refractivity contribution in [2.24, 2.45) is 0 Å². The molecule has 1 N–H and O–H groups in total. The number of amides is 1. The number of nitrogens with zero attached hydrogens (tertiary/aromatic N) is 2. The minimum Gasteiger partial charge on any atom is -0.438 e. The van der Waals surface area contributed by atoms with Gasteiger partial charge in [-0.25, -0.2) is 8.42 Å². The summed E-state index contributed by atoms with van der Waals surface area (Å²) in [5.41, 5.74) is 0.956. The van der Waals surface area contributed by atoms with Crippen LogP contribution in [0.4, 0.5) is 0 Å². The van der Waals surface area contributed by atoms with Crippen LogP contribution in [0, 0.1) is 0 Å². The van der Waals surface area contributed by atoms with Crippen LogP contribution in [0.15, 0.2) is 52.0 Å². The highest BCUT2D eigenvalue weighted by Crippen LogP contribution is 2.21. The van der Waals surface area contributed by atoms with Crippen LogP contribution in [0.1, 0.15) is 29.1 Å². The molecule has 0 saturated carbocycles. The first-order valence-electron chi connectivity index (χ1n) is 8.52. The van der Waals surface area contributed by atoms with Crippen molar-refractivity contribution in [1.29, 1.82) is 0 Å². The van der Waals surface area contributed by atoms with Crippen molar-refractivity contribution in [2.75, 3.05) is 33.2 Å². The van der Waals surface area contributed by atoms with Crippen LogP contribution < -0.4 is 5.32 Å². The van der Waals surface area contributed by atoms with Gasteiger partial charge in [0.2, 0.25) is 5.09 Å². The van der Waals surface area contributed by atoms with Crippen molar-refractivity contribution in [3.63, 3.8) is 0 Å². The van der Waals surface area contributed by atoms with Crippen LogP contribution in [0.5, 0.6) is 0 Å². The van der Waals surface area contributed by atoms with Crippen molar-refractivity contribution < 1.29 is 17.6 Å². The van der Waals surface area contributed by atoms with Gasteiger partial charge in [-0.2, -0.15) is 4.31 Å². The minimum absolute atomic E-state index is 0.0134. The Balaban J connectivity index is 1.70. The summed E-state index contributed by atoms with van der Waals surface area (Å²) < 4.78 is 32.1. The molecule has 1 aliphatic rings. The highest BCUT2D eigenvalue weighted by molar-refractivity contribution is 7.89. The lowest BCUT2D eigenvalue weighted by molar-refractivity contribution is 0.0906. The van der Waals surface area contributed by atoms with Gasteiger partial charge in [0.15, 0.2) is 5.76 Å². The number of hydrogen-bond donors (Lipinski definition) is 1. The van der Waals surface area contributed by atoms with Gasteiger partial charge in [0.25, 0.3) is 15.9 Å². The summed E-state index contributed by atoms with van der Waals surface area (Å²) in [6.45, 7) is 4.01. The summed E-state index contributed by atoms with van der Waals surface area (Å²) in [6.07, 6.45) is 0. The van der Waals surface area contributed by atoms with E-state index >= 15 is 0 Å². The summed E-state index contributed by atoms with van der Waals surface area (Å²) >= 11 is 0. The van der Waals surface area contributed by atoms with Crippen molar-refractivity contribution in [3.8, 4) is 0 Å². The summed E-state index contributed by atoms with van der Waals surface area (Å²) in [4.78, 5) is 14.4. The zero-order chi connectivity index (χ0) is 18.7. The van der Waals surface area contributed by atoms with Crippen molar-refractivity contribution in [2.45, 2.75) is 18.1 Å². The molecule has 2 heterocycles.